The summed E-state index contributed by atoms with van der Waals surface area (Å²) in [5, 5.41) is 4.71. The topological polar surface area (TPSA) is 70.7 Å². The molecule has 0 bridgehead atoms. The van der Waals surface area contributed by atoms with Crippen LogP contribution in [0.4, 0.5) is 14.5 Å². The maximum absolute atomic E-state index is 13.5. The number of ether oxygens (including phenoxy) is 1. The van der Waals surface area contributed by atoms with Crippen molar-refractivity contribution in [2.45, 2.75) is 12.8 Å². The minimum Gasteiger partial charge on any atom is -0.383 e. The van der Waals surface area contributed by atoms with E-state index in [2.05, 4.69) is 15.5 Å². The van der Waals surface area contributed by atoms with Crippen LogP contribution < -0.4 is 10.6 Å². The third-order valence-corrected chi connectivity index (χ3v) is 4.26. The van der Waals surface area contributed by atoms with E-state index in [1.165, 1.54) is 0 Å². The molecule has 0 atom stereocenters. The van der Waals surface area contributed by atoms with E-state index >= 15 is 0 Å². The number of carbonyl (C=O) groups is 2. The standard InChI is InChI=1S/C17H23F2N3O3/c1-25-9-8-22-6-4-12(5-7-22)11-20-16(23)17(24)21-15-3-2-13(18)10-14(15)19/h2-3,10,12H,4-9,11H2,1H3,(H,20,23)(H,21,24). The fourth-order valence-corrected chi connectivity index (χ4v) is 2.72. The Morgan fingerprint density at radius 1 is 1.24 bits per heavy atom. The smallest absolute Gasteiger partial charge is 0.313 e. The van der Waals surface area contributed by atoms with E-state index < -0.39 is 23.4 Å². The van der Waals surface area contributed by atoms with Gasteiger partial charge in [0.25, 0.3) is 0 Å². The number of nitrogens with zero attached hydrogens (tertiary/aromatic N) is 1. The molecule has 1 aliphatic rings. The van der Waals surface area contributed by atoms with Gasteiger partial charge in [-0.1, -0.05) is 0 Å². The first-order valence-corrected chi connectivity index (χ1v) is 8.25. The van der Waals surface area contributed by atoms with Crippen LogP contribution >= 0.6 is 0 Å². The molecule has 1 saturated heterocycles. The van der Waals surface area contributed by atoms with Gasteiger partial charge in [-0.3, -0.25) is 9.59 Å². The summed E-state index contributed by atoms with van der Waals surface area (Å²) >= 11 is 0. The zero-order valence-electron chi connectivity index (χ0n) is 14.2. The Bertz CT molecular complexity index is 605. The number of carbonyl (C=O) groups excluding carboxylic acids is 2. The molecule has 1 aromatic carbocycles. The van der Waals surface area contributed by atoms with E-state index in [1.54, 1.807) is 7.11 Å². The van der Waals surface area contributed by atoms with E-state index in [0.717, 1.165) is 44.6 Å². The van der Waals surface area contributed by atoms with Gasteiger partial charge in [0.2, 0.25) is 0 Å². The van der Waals surface area contributed by atoms with Crippen molar-refractivity contribution in [2.24, 2.45) is 5.92 Å². The zero-order chi connectivity index (χ0) is 18.2. The van der Waals surface area contributed by atoms with E-state index in [0.29, 0.717) is 25.1 Å². The van der Waals surface area contributed by atoms with Gasteiger partial charge in [0.05, 0.1) is 12.3 Å². The summed E-state index contributed by atoms with van der Waals surface area (Å²) in [5.41, 5.74) is -0.229. The summed E-state index contributed by atoms with van der Waals surface area (Å²) in [6.45, 7) is 3.84. The summed E-state index contributed by atoms with van der Waals surface area (Å²) in [7, 11) is 1.67. The summed E-state index contributed by atoms with van der Waals surface area (Å²) in [5.74, 6) is -3.17. The molecule has 25 heavy (non-hydrogen) atoms. The second-order valence-corrected chi connectivity index (χ2v) is 6.07. The Labute approximate surface area is 145 Å². The molecule has 0 unspecified atom stereocenters. The molecule has 2 N–H and O–H groups in total. The van der Waals surface area contributed by atoms with Gasteiger partial charge in [0, 0.05) is 26.3 Å². The Morgan fingerprint density at radius 2 is 1.96 bits per heavy atom. The Morgan fingerprint density at radius 3 is 2.60 bits per heavy atom. The van der Waals surface area contributed by atoms with Crippen LogP contribution in [-0.2, 0) is 14.3 Å². The van der Waals surface area contributed by atoms with Crippen molar-refractivity contribution >= 4 is 17.5 Å². The number of hydrogen-bond acceptors (Lipinski definition) is 4. The highest BCUT2D eigenvalue weighted by molar-refractivity contribution is 6.39. The largest absolute Gasteiger partial charge is 0.383 e. The van der Waals surface area contributed by atoms with Crippen molar-refractivity contribution in [3.8, 4) is 0 Å². The Hall–Kier alpha value is -2.06. The number of methoxy groups -OCH3 is 1. The summed E-state index contributed by atoms with van der Waals surface area (Å²) in [6, 6.07) is 2.73. The first-order chi connectivity index (χ1) is 12.0. The second-order valence-electron chi connectivity index (χ2n) is 6.07. The molecule has 0 aromatic heterocycles. The van der Waals surface area contributed by atoms with Gasteiger partial charge in [-0.2, -0.15) is 0 Å². The molecular weight excluding hydrogens is 332 g/mol. The minimum absolute atomic E-state index is 0.229. The van der Waals surface area contributed by atoms with Gasteiger partial charge >= 0.3 is 11.8 Å². The van der Waals surface area contributed by atoms with E-state index in [1.807, 2.05) is 0 Å². The monoisotopic (exact) mass is 355 g/mol. The van der Waals surface area contributed by atoms with Crippen LogP contribution in [0.25, 0.3) is 0 Å². The lowest BCUT2D eigenvalue weighted by molar-refractivity contribution is -0.136. The SMILES string of the molecule is COCCN1CCC(CNC(=O)C(=O)Nc2ccc(F)cc2F)CC1. The lowest BCUT2D eigenvalue weighted by atomic mass is 9.97. The van der Waals surface area contributed by atoms with Crippen LogP contribution in [0.15, 0.2) is 18.2 Å². The van der Waals surface area contributed by atoms with Crippen LogP contribution in [-0.4, -0.2) is 56.6 Å². The van der Waals surface area contributed by atoms with Gasteiger partial charge in [-0.05, 0) is 44.0 Å². The van der Waals surface area contributed by atoms with Gasteiger partial charge in [-0.25, -0.2) is 8.78 Å². The average molecular weight is 355 g/mol. The first-order valence-electron chi connectivity index (χ1n) is 8.25. The predicted octanol–water partition coefficient (Wildman–Crippen LogP) is 1.38. The number of nitrogens with one attached hydrogen (secondary N) is 2. The zero-order valence-corrected chi connectivity index (χ0v) is 14.2. The van der Waals surface area contributed by atoms with Crippen molar-refractivity contribution in [3.63, 3.8) is 0 Å². The van der Waals surface area contributed by atoms with Crippen molar-refractivity contribution in [2.75, 3.05) is 45.2 Å². The molecule has 1 aromatic rings. The lowest BCUT2D eigenvalue weighted by Gasteiger charge is -2.31. The third kappa shape index (κ3) is 6.06. The van der Waals surface area contributed by atoms with Gasteiger partial charge < -0.3 is 20.3 Å². The van der Waals surface area contributed by atoms with Crippen LogP contribution in [0.5, 0.6) is 0 Å². The minimum atomic E-state index is -0.969. The number of amides is 2. The molecule has 1 aliphatic heterocycles. The Balaban J connectivity index is 1.72. The molecule has 0 saturated carbocycles. The molecule has 0 spiro atoms. The van der Waals surface area contributed by atoms with Crippen LogP contribution in [0.2, 0.25) is 0 Å². The molecule has 8 heteroatoms. The molecule has 1 fully saturated rings. The van der Waals surface area contributed by atoms with Crippen molar-refractivity contribution < 1.29 is 23.1 Å². The number of piperidine rings is 1. The maximum atomic E-state index is 13.5. The summed E-state index contributed by atoms with van der Waals surface area (Å²) < 4.78 is 31.3. The number of likely N-dealkylation sites (tertiary alicyclic amines) is 1. The third-order valence-electron chi connectivity index (χ3n) is 4.26. The fourth-order valence-electron chi connectivity index (χ4n) is 2.72. The van der Waals surface area contributed by atoms with Crippen molar-refractivity contribution in [1.29, 1.82) is 0 Å². The summed E-state index contributed by atoms with van der Waals surface area (Å²) in [6.07, 6.45) is 1.86. The first kappa shape index (κ1) is 19.3. The fraction of sp³-hybridized carbons (Fsp3) is 0.529. The molecule has 138 valence electrons. The van der Waals surface area contributed by atoms with Crippen LogP contribution in [0.1, 0.15) is 12.8 Å². The lowest BCUT2D eigenvalue weighted by Crippen LogP contribution is -2.42. The highest BCUT2D eigenvalue weighted by atomic mass is 19.1. The predicted molar refractivity (Wildman–Crippen MR) is 89.0 cm³/mol. The van der Waals surface area contributed by atoms with Crippen molar-refractivity contribution in [1.82, 2.24) is 10.2 Å². The molecule has 2 rings (SSSR count). The van der Waals surface area contributed by atoms with E-state index in [-0.39, 0.29) is 5.69 Å². The number of hydrogen-bond donors (Lipinski definition) is 2. The number of rotatable bonds is 6. The molecule has 2 amide bonds. The average Bonchev–Trinajstić information content (AvgIpc) is 2.61. The van der Waals surface area contributed by atoms with Crippen LogP contribution in [0, 0.1) is 17.6 Å². The van der Waals surface area contributed by atoms with Gasteiger partial charge in [0.1, 0.15) is 11.6 Å². The second kappa shape index (κ2) is 9.43. The summed E-state index contributed by atoms with van der Waals surface area (Å²) in [4.78, 5) is 25.9. The quantitative estimate of drug-likeness (QED) is 0.757. The van der Waals surface area contributed by atoms with Gasteiger partial charge in [-0.15, -0.1) is 0 Å². The highest BCUT2D eigenvalue weighted by Crippen LogP contribution is 2.16. The molecule has 0 aliphatic carbocycles. The number of halogens is 2. The van der Waals surface area contributed by atoms with E-state index in [9.17, 15) is 18.4 Å². The van der Waals surface area contributed by atoms with E-state index in [4.69, 9.17) is 4.74 Å². The molecule has 6 nitrogen and oxygen atoms in total. The van der Waals surface area contributed by atoms with Gasteiger partial charge in [0.15, 0.2) is 0 Å². The molecule has 1 heterocycles. The maximum Gasteiger partial charge on any atom is 0.313 e. The normalized spacial score (nSPS) is 15.8. The number of anilines is 1. The number of benzene rings is 1. The Kier molecular flexibility index (Phi) is 7.27. The molecule has 0 radical (unpaired) electrons. The van der Waals surface area contributed by atoms with Crippen molar-refractivity contribution in [3.05, 3.63) is 29.8 Å². The highest BCUT2D eigenvalue weighted by Gasteiger charge is 2.21. The molecular formula is C17H23F2N3O3. The van der Waals surface area contributed by atoms with Crippen LogP contribution in [0.3, 0.4) is 0 Å².